The Kier molecular flexibility index (Phi) is 3.20. The highest BCUT2D eigenvalue weighted by molar-refractivity contribution is 6.30. The van der Waals surface area contributed by atoms with E-state index in [0.29, 0.717) is 0 Å². The smallest absolute Gasteiger partial charge is 0.277 e. The van der Waals surface area contributed by atoms with Crippen LogP contribution in [-0.4, -0.2) is 26.2 Å². The lowest BCUT2D eigenvalue weighted by Crippen LogP contribution is -2.14. The van der Waals surface area contributed by atoms with Crippen molar-refractivity contribution in [2.45, 2.75) is 13.8 Å². The number of aromatic hydroxyl groups is 1. The van der Waals surface area contributed by atoms with Crippen molar-refractivity contribution in [1.29, 1.82) is 0 Å². The molecule has 0 atom stereocenters. The van der Waals surface area contributed by atoms with Crippen LogP contribution in [0.15, 0.2) is 12.3 Å². The maximum atomic E-state index is 11.9. The van der Waals surface area contributed by atoms with Crippen molar-refractivity contribution in [2.75, 3.05) is 5.32 Å². The van der Waals surface area contributed by atoms with E-state index in [0.717, 1.165) is 11.3 Å². The minimum Gasteiger partial charge on any atom is -0.504 e. The zero-order chi connectivity index (χ0) is 13.3. The molecule has 6 nitrogen and oxygen atoms in total. The van der Waals surface area contributed by atoms with Gasteiger partial charge in [-0.05, 0) is 13.8 Å². The predicted octanol–water partition coefficient (Wildman–Crippen LogP) is 2.03. The molecular weight excluding hydrogens is 256 g/mol. The summed E-state index contributed by atoms with van der Waals surface area (Å²) in [5, 5.41) is 18.9. The number of nitrogens with one attached hydrogen (secondary N) is 2. The van der Waals surface area contributed by atoms with Crippen LogP contribution in [0.25, 0.3) is 0 Å². The number of nitrogens with zero attached hydrogens (tertiary/aromatic N) is 2. The summed E-state index contributed by atoms with van der Waals surface area (Å²) in [5.74, 6) is -0.591. The van der Waals surface area contributed by atoms with Crippen LogP contribution in [0, 0.1) is 13.8 Å². The van der Waals surface area contributed by atoms with Crippen LogP contribution in [0.4, 0.5) is 5.82 Å². The summed E-state index contributed by atoms with van der Waals surface area (Å²) in [5.41, 5.74) is 1.83. The third-order valence-corrected chi connectivity index (χ3v) is 2.74. The Morgan fingerprint density at radius 3 is 2.78 bits per heavy atom. The number of rotatable bonds is 2. The van der Waals surface area contributed by atoms with E-state index in [1.54, 1.807) is 6.92 Å². The fraction of sp³-hybridized carbons (Fsp3) is 0.182. The molecule has 1 amide bonds. The molecule has 0 radical (unpaired) electrons. The standard InChI is InChI=1S/C11H11ClN4O2/c1-5-6(2)15-16-9(5)11(18)14-10-8(17)3-7(12)4-13-10/h3-4,17H,1-2H3,(H,15,16)(H,13,14,18). The van der Waals surface area contributed by atoms with Crippen molar-refractivity contribution in [1.82, 2.24) is 15.2 Å². The second kappa shape index (κ2) is 4.66. The predicted molar refractivity (Wildman–Crippen MR) is 66.9 cm³/mol. The van der Waals surface area contributed by atoms with Crippen molar-refractivity contribution < 1.29 is 9.90 Å². The van der Waals surface area contributed by atoms with Crippen LogP contribution < -0.4 is 5.32 Å². The molecule has 2 rings (SSSR count). The number of anilines is 1. The van der Waals surface area contributed by atoms with Gasteiger partial charge < -0.3 is 10.4 Å². The molecule has 7 heteroatoms. The first-order valence-electron chi connectivity index (χ1n) is 5.16. The number of carbonyl (C=O) groups is 1. The molecule has 0 aliphatic heterocycles. The molecule has 0 fully saturated rings. The Morgan fingerprint density at radius 2 is 2.22 bits per heavy atom. The van der Waals surface area contributed by atoms with Crippen molar-refractivity contribution in [3.63, 3.8) is 0 Å². The first-order valence-corrected chi connectivity index (χ1v) is 5.54. The number of carbonyl (C=O) groups excluding carboxylic acids is 1. The van der Waals surface area contributed by atoms with E-state index < -0.39 is 5.91 Å². The molecule has 0 aromatic carbocycles. The lowest BCUT2D eigenvalue weighted by atomic mass is 10.2. The van der Waals surface area contributed by atoms with Crippen LogP contribution >= 0.6 is 11.6 Å². The molecule has 3 N–H and O–H groups in total. The summed E-state index contributed by atoms with van der Waals surface area (Å²) in [6, 6.07) is 1.30. The molecular formula is C11H11ClN4O2. The number of halogens is 1. The zero-order valence-electron chi connectivity index (χ0n) is 9.78. The Bertz CT molecular complexity index is 609. The average Bonchev–Trinajstić information content (AvgIpc) is 2.64. The zero-order valence-corrected chi connectivity index (χ0v) is 10.5. The number of pyridine rings is 1. The van der Waals surface area contributed by atoms with Crippen molar-refractivity contribution in [3.8, 4) is 5.75 Å². The van der Waals surface area contributed by atoms with E-state index in [-0.39, 0.29) is 22.3 Å². The van der Waals surface area contributed by atoms with E-state index in [2.05, 4.69) is 20.5 Å². The highest BCUT2D eigenvalue weighted by Gasteiger charge is 2.16. The summed E-state index contributed by atoms with van der Waals surface area (Å²) in [7, 11) is 0. The molecule has 94 valence electrons. The van der Waals surface area contributed by atoms with E-state index in [1.807, 2.05) is 6.92 Å². The van der Waals surface area contributed by atoms with Gasteiger partial charge in [0.05, 0.1) is 5.02 Å². The molecule has 18 heavy (non-hydrogen) atoms. The molecule has 0 unspecified atom stereocenters. The summed E-state index contributed by atoms with van der Waals surface area (Å²) < 4.78 is 0. The summed E-state index contributed by atoms with van der Waals surface area (Å²) in [4.78, 5) is 15.7. The topological polar surface area (TPSA) is 90.9 Å². The third kappa shape index (κ3) is 2.28. The first-order chi connectivity index (χ1) is 8.49. The van der Waals surface area contributed by atoms with Gasteiger partial charge in [0, 0.05) is 23.5 Å². The van der Waals surface area contributed by atoms with Gasteiger partial charge in [-0.25, -0.2) is 4.98 Å². The van der Waals surface area contributed by atoms with Gasteiger partial charge in [-0.15, -0.1) is 0 Å². The van der Waals surface area contributed by atoms with Crippen molar-refractivity contribution in [3.05, 3.63) is 34.2 Å². The minimum atomic E-state index is -0.443. The summed E-state index contributed by atoms with van der Waals surface area (Å²) >= 11 is 5.65. The molecule has 0 bridgehead atoms. The van der Waals surface area contributed by atoms with Crippen molar-refractivity contribution >= 4 is 23.3 Å². The third-order valence-electron chi connectivity index (χ3n) is 2.53. The van der Waals surface area contributed by atoms with Gasteiger partial charge in [-0.1, -0.05) is 11.6 Å². The molecule has 2 heterocycles. The lowest BCUT2D eigenvalue weighted by Gasteiger charge is -2.05. The van der Waals surface area contributed by atoms with Crippen LogP contribution in [0.3, 0.4) is 0 Å². The molecule has 0 aliphatic rings. The Labute approximate surface area is 108 Å². The fourth-order valence-corrected chi connectivity index (χ4v) is 1.55. The molecule has 0 aliphatic carbocycles. The minimum absolute atomic E-state index is 0.0458. The van der Waals surface area contributed by atoms with Gasteiger partial charge in [0.2, 0.25) is 0 Å². The number of hydrogen-bond acceptors (Lipinski definition) is 4. The van der Waals surface area contributed by atoms with Gasteiger partial charge in [0.1, 0.15) is 0 Å². The Morgan fingerprint density at radius 1 is 1.50 bits per heavy atom. The van der Waals surface area contributed by atoms with Gasteiger partial charge in [-0.2, -0.15) is 5.10 Å². The number of aromatic nitrogens is 3. The SMILES string of the molecule is Cc1[nH]nc(C(=O)Nc2ncc(Cl)cc2O)c1C. The lowest BCUT2D eigenvalue weighted by molar-refractivity contribution is 0.102. The Hall–Kier alpha value is -2.08. The second-order valence-corrected chi connectivity index (χ2v) is 4.23. The maximum Gasteiger partial charge on any atom is 0.277 e. The second-order valence-electron chi connectivity index (χ2n) is 3.80. The molecule has 0 spiro atoms. The molecule has 2 aromatic heterocycles. The van der Waals surface area contributed by atoms with Crippen LogP contribution in [0.1, 0.15) is 21.7 Å². The first kappa shape index (κ1) is 12.4. The van der Waals surface area contributed by atoms with Crippen LogP contribution in [0.5, 0.6) is 5.75 Å². The highest BCUT2D eigenvalue weighted by atomic mass is 35.5. The van der Waals surface area contributed by atoms with E-state index in [1.165, 1.54) is 12.3 Å². The molecule has 2 aromatic rings. The number of H-pyrrole nitrogens is 1. The van der Waals surface area contributed by atoms with Gasteiger partial charge in [-0.3, -0.25) is 9.89 Å². The van der Waals surface area contributed by atoms with Crippen molar-refractivity contribution in [2.24, 2.45) is 0 Å². The largest absolute Gasteiger partial charge is 0.504 e. The quantitative estimate of drug-likeness (QED) is 0.776. The van der Waals surface area contributed by atoms with Crippen LogP contribution in [-0.2, 0) is 0 Å². The number of hydrogen-bond donors (Lipinski definition) is 3. The number of amides is 1. The molecule has 0 saturated heterocycles. The van der Waals surface area contributed by atoms with Gasteiger partial charge >= 0.3 is 0 Å². The normalized spacial score (nSPS) is 10.4. The summed E-state index contributed by atoms with van der Waals surface area (Å²) in [6.07, 6.45) is 1.33. The highest BCUT2D eigenvalue weighted by Crippen LogP contribution is 2.24. The number of aryl methyl sites for hydroxylation is 1. The molecule has 0 saturated carbocycles. The van der Waals surface area contributed by atoms with E-state index in [9.17, 15) is 9.90 Å². The van der Waals surface area contributed by atoms with Gasteiger partial charge in [0.25, 0.3) is 5.91 Å². The number of aromatic amines is 1. The summed E-state index contributed by atoms with van der Waals surface area (Å²) in [6.45, 7) is 3.60. The Balaban J connectivity index is 2.24. The van der Waals surface area contributed by atoms with E-state index >= 15 is 0 Å². The fourth-order valence-electron chi connectivity index (χ4n) is 1.40. The van der Waals surface area contributed by atoms with E-state index in [4.69, 9.17) is 11.6 Å². The maximum absolute atomic E-state index is 11.9. The monoisotopic (exact) mass is 266 g/mol. The van der Waals surface area contributed by atoms with Gasteiger partial charge in [0.15, 0.2) is 17.3 Å². The average molecular weight is 267 g/mol. The van der Waals surface area contributed by atoms with Crippen LogP contribution in [0.2, 0.25) is 5.02 Å².